The zero-order chi connectivity index (χ0) is 21.1. The summed E-state index contributed by atoms with van der Waals surface area (Å²) in [6.07, 6.45) is -0.00152. The quantitative estimate of drug-likeness (QED) is 0.786. The number of hydrogen-bond donors (Lipinski definition) is 2. The molecule has 2 aromatic carbocycles. The molecule has 0 aromatic heterocycles. The number of guanidine groups is 1. The van der Waals surface area contributed by atoms with Crippen molar-refractivity contribution in [3.8, 4) is 0 Å². The van der Waals surface area contributed by atoms with Gasteiger partial charge in [0.2, 0.25) is 17.8 Å². The predicted molar refractivity (Wildman–Crippen MR) is 114 cm³/mol. The van der Waals surface area contributed by atoms with Crippen molar-refractivity contribution in [3.63, 3.8) is 0 Å². The fourth-order valence-corrected chi connectivity index (χ4v) is 3.60. The number of rotatable bonds is 3. The smallest absolute Gasteiger partial charge is 0.249 e. The Kier molecular flexibility index (Phi) is 5.85. The lowest BCUT2D eigenvalue weighted by atomic mass is 10.1. The van der Waals surface area contributed by atoms with Gasteiger partial charge >= 0.3 is 0 Å². The van der Waals surface area contributed by atoms with E-state index in [4.69, 9.17) is 11.6 Å². The standard InChI is InChI=1S/C21H21ClFN5O2/c22-14-1-5-16(6-2-14)24-20(30)18-13-19(29)26-21(25-18)28-11-9-27(10-12-28)17-7-3-15(23)4-8-17/h1-8,18H,9-13H2,(H,24,30)(H,25,26,29)/t18-/m0/s1. The van der Waals surface area contributed by atoms with Crippen molar-refractivity contribution < 1.29 is 14.0 Å². The molecule has 0 spiro atoms. The van der Waals surface area contributed by atoms with Crippen molar-refractivity contribution in [1.29, 1.82) is 0 Å². The zero-order valence-corrected chi connectivity index (χ0v) is 16.9. The third kappa shape index (κ3) is 4.71. The average Bonchev–Trinajstić information content (AvgIpc) is 2.75. The van der Waals surface area contributed by atoms with Crippen LogP contribution in [0.15, 0.2) is 53.5 Å². The molecule has 0 saturated carbocycles. The van der Waals surface area contributed by atoms with E-state index in [1.165, 1.54) is 12.1 Å². The van der Waals surface area contributed by atoms with Crippen molar-refractivity contribution in [2.24, 2.45) is 4.99 Å². The van der Waals surface area contributed by atoms with Crippen LogP contribution in [-0.2, 0) is 9.59 Å². The first-order chi connectivity index (χ1) is 14.5. The Bertz CT molecular complexity index is 956. The molecule has 2 aliphatic heterocycles. The molecule has 4 rings (SSSR count). The van der Waals surface area contributed by atoms with E-state index in [9.17, 15) is 14.0 Å². The summed E-state index contributed by atoms with van der Waals surface area (Å²) in [5.41, 5.74) is 1.55. The summed E-state index contributed by atoms with van der Waals surface area (Å²) in [5, 5.41) is 6.12. The summed E-state index contributed by atoms with van der Waals surface area (Å²) in [7, 11) is 0. The molecular formula is C21H21ClFN5O2. The van der Waals surface area contributed by atoms with Gasteiger partial charge in [0.15, 0.2) is 0 Å². The van der Waals surface area contributed by atoms with E-state index in [2.05, 4.69) is 20.5 Å². The number of aliphatic imine (C=N–C) groups is 1. The molecule has 7 nitrogen and oxygen atoms in total. The molecule has 2 aromatic rings. The molecule has 2 N–H and O–H groups in total. The molecule has 1 saturated heterocycles. The van der Waals surface area contributed by atoms with Crippen LogP contribution < -0.4 is 15.5 Å². The van der Waals surface area contributed by atoms with Gasteiger partial charge in [0.25, 0.3) is 0 Å². The highest BCUT2D eigenvalue weighted by Gasteiger charge is 2.30. The van der Waals surface area contributed by atoms with Crippen molar-refractivity contribution in [2.75, 3.05) is 36.4 Å². The van der Waals surface area contributed by atoms with Crippen LogP contribution in [0.1, 0.15) is 6.42 Å². The van der Waals surface area contributed by atoms with Crippen molar-refractivity contribution in [1.82, 2.24) is 10.2 Å². The minimum Gasteiger partial charge on any atom is -0.368 e. The Morgan fingerprint density at radius 1 is 1.03 bits per heavy atom. The third-order valence-electron chi connectivity index (χ3n) is 5.09. The number of nitrogens with zero attached hydrogens (tertiary/aromatic N) is 3. The van der Waals surface area contributed by atoms with Gasteiger partial charge in [-0.2, -0.15) is 0 Å². The summed E-state index contributed by atoms with van der Waals surface area (Å²) in [6.45, 7) is 2.65. The van der Waals surface area contributed by atoms with Crippen LogP contribution in [0.2, 0.25) is 5.02 Å². The largest absolute Gasteiger partial charge is 0.368 e. The lowest BCUT2D eigenvalue weighted by Gasteiger charge is -2.38. The summed E-state index contributed by atoms with van der Waals surface area (Å²) in [5.74, 6) is -0.423. The first-order valence-corrected chi connectivity index (χ1v) is 10.1. The van der Waals surface area contributed by atoms with Gasteiger partial charge in [0.1, 0.15) is 11.9 Å². The van der Waals surface area contributed by atoms with Crippen LogP contribution in [-0.4, -0.2) is 54.9 Å². The highest BCUT2D eigenvalue weighted by atomic mass is 35.5. The molecule has 2 heterocycles. The first-order valence-electron chi connectivity index (χ1n) is 9.67. The maximum absolute atomic E-state index is 13.1. The highest BCUT2D eigenvalue weighted by Crippen LogP contribution is 2.19. The molecule has 0 aliphatic carbocycles. The van der Waals surface area contributed by atoms with Gasteiger partial charge < -0.3 is 15.1 Å². The normalized spacial score (nSPS) is 19.2. The van der Waals surface area contributed by atoms with Crippen LogP contribution in [0.5, 0.6) is 0 Å². The monoisotopic (exact) mass is 429 g/mol. The SMILES string of the molecule is O=C1C[C@@H](C(=O)Nc2ccc(Cl)cc2)N=C(N2CCN(c3ccc(F)cc3)CC2)N1. The molecular weight excluding hydrogens is 409 g/mol. The number of hydrogen-bond acceptors (Lipinski definition) is 5. The summed E-state index contributed by atoms with van der Waals surface area (Å²) >= 11 is 5.86. The lowest BCUT2D eigenvalue weighted by Crippen LogP contribution is -2.56. The minimum atomic E-state index is -0.792. The number of carbonyl (C=O) groups is 2. The Hall–Kier alpha value is -3.13. The number of anilines is 2. The predicted octanol–water partition coefficient (Wildman–Crippen LogP) is 2.48. The molecule has 0 unspecified atom stereocenters. The van der Waals surface area contributed by atoms with Crippen LogP contribution in [0, 0.1) is 5.82 Å². The number of halogens is 2. The lowest BCUT2D eigenvalue weighted by molar-refractivity contribution is -0.125. The number of carbonyl (C=O) groups excluding carboxylic acids is 2. The van der Waals surface area contributed by atoms with Gasteiger partial charge in [-0.1, -0.05) is 11.6 Å². The van der Waals surface area contributed by atoms with Crippen molar-refractivity contribution in [2.45, 2.75) is 12.5 Å². The van der Waals surface area contributed by atoms with Crippen LogP contribution in [0.4, 0.5) is 15.8 Å². The number of piperazine rings is 1. The topological polar surface area (TPSA) is 77.0 Å². The van der Waals surface area contributed by atoms with E-state index >= 15 is 0 Å². The highest BCUT2D eigenvalue weighted by molar-refractivity contribution is 6.30. The first kappa shape index (κ1) is 20.2. The molecule has 2 amide bonds. The second-order valence-electron chi connectivity index (χ2n) is 7.17. The maximum atomic E-state index is 13.1. The van der Waals surface area contributed by atoms with E-state index in [-0.39, 0.29) is 24.1 Å². The molecule has 30 heavy (non-hydrogen) atoms. The molecule has 1 atom stereocenters. The Balaban J connectivity index is 1.40. The van der Waals surface area contributed by atoms with E-state index < -0.39 is 6.04 Å². The van der Waals surface area contributed by atoms with Gasteiger partial charge in [-0.25, -0.2) is 9.38 Å². The Morgan fingerprint density at radius 2 is 1.67 bits per heavy atom. The molecule has 0 radical (unpaired) electrons. The van der Waals surface area contributed by atoms with E-state index in [0.29, 0.717) is 42.8 Å². The van der Waals surface area contributed by atoms with Crippen molar-refractivity contribution >= 4 is 40.7 Å². The Morgan fingerprint density at radius 3 is 2.33 bits per heavy atom. The van der Waals surface area contributed by atoms with Gasteiger partial charge in [-0.15, -0.1) is 0 Å². The number of nitrogens with one attached hydrogen (secondary N) is 2. The van der Waals surface area contributed by atoms with Gasteiger partial charge in [-0.05, 0) is 48.5 Å². The van der Waals surface area contributed by atoms with Gasteiger partial charge in [0.05, 0.1) is 6.42 Å². The average molecular weight is 430 g/mol. The Labute approximate surface area is 178 Å². The molecule has 1 fully saturated rings. The second kappa shape index (κ2) is 8.71. The fourth-order valence-electron chi connectivity index (χ4n) is 3.48. The molecule has 2 aliphatic rings. The number of benzene rings is 2. The molecule has 9 heteroatoms. The summed E-state index contributed by atoms with van der Waals surface area (Å²) < 4.78 is 13.1. The van der Waals surface area contributed by atoms with E-state index in [1.54, 1.807) is 36.4 Å². The second-order valence-corrected chi connectivity index (χ2v) is 7.60. The van der Waals surface area contributed by atoms with Crippen LogP contribution in [0.3, 0.4) is 0 Å². The fraction of sp³-hybridized carbons (Fsp3) is 0.286. The van der Waals surface area contributed by atoms with Crippen molar-refractivity contribution in [3.05, 3.63) is 59.4 Å². The molecule has 156 valence electrons. The van der Waals surface area contributed by atoms with Crippen LogP contribution >= 0.6 is 11.6 Å². The number of amides is 2. The van der Waals surface area contributed by atoms with Gasteiger partial charge in [-0.3, -0.25) is 14.9 Å². The minimum absolute atomic E-state index is 0.00152. The van der Waals surface area contributed by atoms with Crippen LogP contribution in [0.25, 0.3) is 0 Å². The van der Waals surface area contributed by atoms with E-state index in [0.717, 1.165) is 5.69 Å². The summed E-state index contributed by atoms with van der Waals surface area (Å²) in [6, 6.07) is 12.3. The summed E-state index contributed by atoms with van der Waals surface area (Å²) in [4.78, 5) is 33.4. The third-order valence-corrected chi connectivity index (χ3v) is 5.35. The van der Waals surface area contributed by atoms with Gasteiger partial charge in [0, 0.05) is 42.6 Å². The zero-order valence-electron chi connectivity index (χ0n) is 16.1. The molecule has 0 bridgehead atoms. The maximum Gasteiger partial charge on any atom is 0.249 e. The van der Waals surface area contributed by atoms with E-state index in [1.807, 2.05) is 4.90 Å².